The number of thiophene rings is 1. The topological polar surface area (TPSA) is 133 Å². The van der Waals surface area contributed by atoms with Gasteiger partial charge in [0.05, 0.1) is 11.1 Å². The van der Waals surface area contributed by atoms with E-state index in [1.54, 1.807) is 5.38 Å². The Bertz CT molecular complexity index is 850. The van der Waals surface area contributed by atoms with Crippen molar-refractivity contribution in [2.45, 2.75) is 4.90 Å². The van der Waals surface area contributed by atoms with Crippen molar-refractivity contribution in [2.75, 3.05) is 10.5 Å². The van der Waals surface area contributed by atoms with E-state index in [-0.39, 0.29) is 16.3 Å². The van der Waals surface area contributed by atoms with E-state index in [1.165, 1.54) is 12.1 Å². The summed E-state index contributed by atoms with van der Waals surface area (Å²) in [5, 5.41) is 19.6. The van der Waals surface area contributed by atoms with Gasteiger partial charge in [-0.3, -0.25) is 4.72 Å². The van der Waals surface area contributed by atoms with Crippen LogP contribution in [0.3, 0.4) is 0 Å². The number of nitrogen functional groups attached to an aromatic ring is 1. The molecule has 0 radical (unpaired) electrons. The van der Waals surface area contributed by atoms with Crippen LogP contribution in [0.1, 0.15) is 15.9 Å². The van der Waals surface area contributed by atoms with Gasteiger partial charge in [0, 0.05) is 5.69 Å². The molecule has 2 rings (SSSR count). The molecule has 0 bridgehead atoms. The van der Waals surface area contributed by atoms with Crippen molar-refractivity contribution in [3.8, 4) is 6.07 Å². The quantitative estimate of drug-likeness (QED) is 0.733. The van der Waals surface area contributed by atoms with E-state index >= 15 is 0 Å². The first-order valence-corrected chi connectivity index (χ1v) is 7.84. The van der Waals surface area contributed by atoms with Gasteiger partial charge in [0.15, 0.2) is 0 Å². The standard InChI is InChI=1S/C12H9N3O4S2/c13-6-7-3-4-20-11(7)15-21(18,19)10-5-8(14)1-2-9(10)12(16)17/h1-5,15H,14H2,(H,16,17). The van der Waals surface area contributed by atoms with Crippen LogP contribution in [-0.4, -0.2) is 19.5 Å². The van der Waals surface area contributed by atoms with E-state index in [1.807, 2.05) is 6.07 Å². The fraction of sp³-hybridized carbons (Fsp3) is 0. The number of benzene rings is 1. The molecule has 7 nitrogen and oxygen atoms in total. The zero-order valence-electron chi connectivity index (χ0n) is 10.4. The van der Waals surface area contributed by atoms with Crippen molar-refractivity contribution < 1.29 is 18.3 Å². The maximum Gasteiger partial charge on any atom is 0.337 e. The molecule has 2 aromatic rings. The average molecular weight is 323 g/mol. The highest BCUT2D eigenvalue weighted by Gasteiger charge is 2.24. The summed E-state index contributed by atoms with van der Waals surface area (Å²) in [7, 11) is -4.17. The minimum Gasteiger partial charge on any atom is -0.478 e. The predicted molar refractivity (Wildman–Crippen MR) is 77.7 cm³/mol. The Balaban J connectivity index is 2.53. The number of carboxylic acid groups (broad SMARTS) is 1. The maximum absolute atomic E-state index is 12.3. The van der Waals surface area contributed by atoms with Gasteiger partial charge in [-0.1, -0.05) is 0 Å². The number of nitriles is 1. The van der Waals surface area contributed by atoms with Crippen LogP contribution in [0.5, 0.6) is 0 Å². The molecule has 9 heteroatoms. The van der Waals surface area contributed by atoms with E-state index in [0.29, 0.717) is 0 Å². The van der Waals surface area contributed by atoms with Gasteiger partial charge in [0.2, 0.25) is 0 Å². The first-order chi connectivity index (χ1) is 9.85. The fourth-order valence-corrected chi connectivity index (χ4v) is 3.89. The number of nitrogens with zero attached hydrogens (tertiary/aromatic N) is 1. The highest BCUT2D eigenvalue weighted by molar-refractivity contribution is 7.93. The molecule has 0 saturated heterocycles. The second-order valence-electron chi connectivity index (χ2n) is 3.94. The summed E-state index contributed by atoms with van der Waals surface area (Å²) < 4.78 is 26.8. The normalized spacial score (nSPS) is 10.8. The number of carboxylic acids is 1. The Hall–Kier alpha value is -2.57. The highest BCUT2D eigenvalue weighted by atomic mass is 32.2. The molecule has 0 atom stereocenters. The molecular weight excluding hydrogens is 314 g/mol. The molecule has 1 aromatic carbocycles. The Morgan fingerprint density at radius 1 is 1.38 bits per heavy atom. The number of sulfonamides is 1. The molecule has 1 heterocycles. The van der Waals surface area contributed by atoms with E-state index < -0.39 is 26.5 Å². The van der Waals surface area contributed by atoms with Crippen LogP contribution in [0, 0.1) is 11.3 Å². The summed E-state index contributed by atoms with van der Waals surface area (Å²) in [5.74, 6) is -1.39. The Labute approximate surface area is 124 Å². The van der Waals surface area contributed by atoms with Crippen LogP contribution in [0.25, 0.3) is 0 Å². The summed E-state index contributed by atoms with van der Waals surface area (Å²) in [6.45, 7) is 0. The van der Waals surface area contributed by atoms with Crippen LogP contribution in [-0.2, 0) is 10.0 Å². The maximum atomic E-state index is 12.3. The van der Waals surface area contributed by atoms with Crippen molar-refractivity contribution in [2.24, 2.45) is 0 Å². The number of aromatic carboxylic acids is 1. The molecule has 0 fully saturated rings. The SMILES string of the molecule is N#Cc1ccsc1NS(=O)(=O)c1cc(N)ccc1C(=O)O. The summed E-state index contributed by atoms with van der Waals surface area (Å²) in [4.78, 5) is 10.7. The highest BCUT2D eigenvalue weighted by Crippen LogP contribution is 2.27. The molecular formula is C12H9N3O4S2. The molecule has 0 saturated carbocycles. The monoisotopic (exact) mass is 323 g/mol. The number of anilines is 2. The number of rotatable bonds is 4. The minimum atomic E-state index is -4.17. The zero-order valence-corrected chi connectivity index (χ0v) is 12.0. The van der Waals surface area contributed by atoms with E-state index in [2.05, 4.69) is 4.72 Å². The van der Waals surface area contributed by atoms with Crippen LogP contribution in [0.4, 0.5) is 10.7 Å². The van der Waals surface area contributed by atoms with Gasteiger partial charge >= 0.3 is 5.97 Å². The number of nitrogens with two attached hydrogens (primary N) is 1. The van der Waals surface area contributed by atoms with Gasteiger partial charge in [-0.25, -0.2) is 13.2 Å². The Kier molecular flexibility index (Phi) is 3.84. The van der Waals surface area contributed by atoms with Gasteiger partial charge in [0.1, 0.15) is 16.0 Å². The smallest absolute Gasteiger partial charge is 0.337 e. The van der Waals surface area contributed by atoms with Gasteiger partial charge in [0.25, 0.3) is 10.0 Å². The van der Waals surface area contributed by atoms with Gasteiger partial charge in [-0.2, -0.15) is 5.26 Å². The van der Waals surface area contributed by atoms with Crippen molar-refractivity contribution >= 4 is 38.0 Å². The number of nitrogens with one attached hydrogen (secondary N) is 1. The van der Waals surface area contributed by atoms with E-state index in [0.717, 1.165) is 23.5 Å². The summed E-state index contributed by atoms with van der Waals surface area (Å²) >= 11 is 1.02. The lowest BCUT2D eigenvalue weighted by atomic mass is 10.2. The molecule has 0 spiro atoms. The second-order valence-corrected chi connectivity index (χ2v) is 6.51. The van der Waals surface area contributed by atoms with Crippen molar-refractivity contribution in [1.29, 1.82) is 5.26 Å². The number of hydrogen-bond donors (Lipinski definition) is 3. The number of carbonyl (C=O) groups is 1. The van der Waals surface area contributed by atoms with Crippen LogP contribution in [0.2, 0.25) is 0 Å². The van der Waals surface area contributed by atoms with Crippen molar-refractivity contribution in [3.63, 3.8) is 0 Å². The van der Waals surface area contributed by atoms with Gasteiger partial charge in [-0.15, -0.1) is 11.3 Å². The van der Waals surface area contributed by atoms with E-state index in [9.17, 15) is 13.2 Å². The minimum absolute atomic E-state index is 0.118. The first kappa shape index (κ1) is 14.8. The van der Waals surface area contributed by atoms with Crippen LogP contribution < -0.4 is 10.5 Å². The lowest BCUT2D eigenvalue weighted by molar-refractivity contribution is 0.0692. The number of hydrogen-bond acceptors (Lipinski definition) is 6. The summed E-state index contributed by atoms with van der Waals surface area (Å²) in [6.07, 6.45) is 0. The van der Waals surface area contributed by atoms with Crippen LogP contribution in [0.15, 0.2) is 34.5 Å². The Morgan fingerprint density at radius 3 is 2.71 bits per heavy atom. The molecule has 0 aliphatic heterocycles. The molecule has 1 aromatic heterocycles. The van der Waals surface area contributed by atoms with Crippen LogP contribution >= 0.6 is 11.3 Å². The third kappa shape index (κ3) is 2.96. The Morgan fingerprint density at radius 2 is 2.10 bits per heavy atom. The average Bonchev–Trinajstić information content (AvgIpc) is 2.84. The van der Waals surface area contributed by atoms with E-state index in [4.69, 9.17) is 16.1 Å². The summed E-state index contributed by atoms with van der Waals surface area (Å²) in [6, 6.07) is 6.78. The molecule has 21 heavy (non-hydrogen) atoms. The molecule has 108 valence electrons. The lowest BCUT2D eigenvalue weighted by Crippen LogP contribution is -2.17. The molecule has 0 aliphatic carbocycles. The first-order valence-electron chi connectivity index (χ1n) is 5.48. The third-order valence-electron chi connectivity index (χ3n) is 2.54. The molecule has 0 unspecified atom stereocenters. The largest absolute Gasteiger partial charge is 0.478 e. The zero-order chi connectivity index (χ0) is 15.6. The second kappa shape index (κ2) is 5.43. The lowest BCUT2D eigenvalue weighted by Gasteiger charge is -2.10. The predicted octanol–water partition coefficient (Wildman–Crippen LogP) is 1.70. The third-order valence-corrected chi connectivity index (χ3v) is 4.89. The van der Waals surface area contributed by atoms with Crippen molar-refractivity contribution in [3.05, 3.63) is 40.8 Å². The molecule has 0 aliphatic rings. The van der Waals surface area contributed by atoms with Crippen molar-refractivity contribution in [1.82, 2.24) is 0 Å². The fourth-order valence-electron chi connectivity index (χ4n) is 1.59. The van der Waals surface area contributed by atoms with Gasteiger partial charge < -0.3 is 10.8 Å². The molecule has 4 N–H and O–H groups in total. The summed E-state index contributed by atoms with van der Waals surface area (Å²) in [5.41, 5.74) is 5.40. The van der Waals surface area contributed by atoms with Gasteiger partial charge in [-0.05, 0) is 29.6 Å². The molecule has 0 amide bonds.